The fourth-order valence-electron chi connectivity index (χ4n) is 2.72. The third-order valence-corrected chi connectivity index (χ3v) is 3.78. The van der Waals surface area contributed by atoms with Gasteiger partial charge in [0.05, 0.1) is 18.2 Å². The molecule has 0 amide bonds. The van der Waals surface area contributed by atoms with Crippen LogP contribution < -0.4 is 4.74 Å². The highest BCUT2D eigenvalue weighted by molar-refractivity contribution is 5.95. The average molecular weight is 360 g/mol. The highest BCUT2D eigenvalue weighted by atomic mass is 19.4. The van der Waals surface area contributed by atoms with Crippen LogP contribution in [0.4, 0.5) is 13.2 Å². The molecule has 0 atom stereocenters. The third kappa shape index (κ3) is 3.47. The molecule has 26 heavy (non-hydrogen) atoms. The minimum absolute atomic E-state index is 0.100. The predicted molar refractivity (Wildman–Crippen MR) is 85.8 cm³/mol. The van der Waals surface area contributed by atoms with E-state index in [1.807, 2.05) is 6.07 Å². The molecule has 2 aromatic carbocycles. The molecule has 0 saturated carbocycles. The van der Waals surface area contributed by atoms with Crippen molar-refractivity contribution in [1.29, 1.82) is 5.26 Å². The fraction of sp³-hybridized carbons (Fsp3) is 0.111. The zero-order valence-electron chi connectivity index (χ0n) is 13.1. The van der Waals surface area contributed by atoms with Crippen molar-refractivity contribution >= 4 is 16.9 Å². The SMILES string of the molecule is N#Cc1ccc2c(c1)cc(C(=O)O)n2Cc1ccccc1OC(F)(F)F. The van der Waals surface area contributed by atoms with Crippen LogP contribution in [0.3, 0.4) is 0 Å². The van der Waals surface area contributed by atoms with E-state index in [9.17, 15) is 23.1 Å². The summed E-state index contributed by atoms with van der Waals surface area (Å²) in [5.41, 5.74) is 0.918. The molecule has 0 aliphatic heterocycles. The molecule has 5 nitrogen and oxygen atoms in total. The van der Waals surface area contributed by atoms with Crippen molar-refractivity contribution in [2.45, 2.75) is 12.9 Å². The summed E-state index contributed by atoms with van der Waals surface area (Å²) >= 11 is 0. The van der Waals surface area contributed by atoms with Gasteiger partial charge in [0.15, 0.2) is 0 Å². The molecule has 0 aliphatic rings. The van der Waals surface area contributed by atoms with Gasteiger partial charge in [-0.15, -0.1) is 13.2 Å². The number of hydrogen-bond acceptors (Lipinski definition) is 3. The standard InChI is InChI=1S/C18H11F3N2O3/c19-18(20,21)26-16-4-2-1-3-12(16)10-23-14-6-5-11(9-22)7-13(14)8-15(23)17(24)25/h1-8H,10H2,(H,24,25). The zero-order valence-corrected chi connectivity index (χ0v) is 13.1. The Morgan fingerprint density at radius 2 is 1.92 bits per heavy atom. The van der Waals surface area contributed by atoms with E-state index in [1.54, 1.807) is 12.1 Å². The Hall–Kier alpha value is -3.47. The van der Waals surface area contributed by atoms with Gasteiger partial charge in [-0.1, -0.05) is 18.2 Å². The minimum atomic E-state index is -4.85. The molecule has 8 heteroatoms. The first-order valence-electron chi connectivity index (χ1n) is 7.39. The maximum Gasteiger partial charge on any atom is 0.573 e. The van der Waals surface area contributed by atoms with Crippen LogP contribution >= 0.6 is 0 Å². The van der Waals surface area contributed by atoms with E-state index in [0.717, 1.165) is 0 Å². The Kier molecular flexibility index (Phi) is 4.30. The number of aromatic carboxylic acids is 1. The van der Waals surface area contributed by atoms with Gasteiger partial charge in [-0.3, -0.25) is 0 Å². The number of nitrogens with zero attached hydrogens (tertiary/aromatic N) is 2. The monoisotopic (exact) mass is 360 g/mol. The summed E-state index contributed by atoms with van der Waals surface area (Å²) in [4.78, 5) is 11.6. The molecule has 0 radical (unpaired) electrons. The quantitative estimate of drug-likeness (QED) is 0.758. The van der Waals surface area contributed by atoms with Crippen LogP contribution in [0.1, 0.15) is 21.6 Å². The lowest BCUT2D eigenvalue weighted by Gasteiger charge is -2.15. The normalized spacial score (nSPS) is 11.3. The maximum absolute atomic E-state index is 12.6. The summed E-state index contributed by atoms with van der Waals surface area (Å²) in [6, 6.07) is 13.5. The van der Waals surface area contributed by atoms with Gasteiger partial charge < -0.3 is 14.4 Å². The number of carboxylic acids is 1. The number of ether oxygens (including phenoxy) is 1. The third-order valence-electron chi connectivity index (χ3n) is 3.78. The highest BCUT2D eigenvalue weighted by Gasteiger charge is 2.32. The topological polar surface area (TPSA) is 75.3 Å². The number of halogens is 3. The summed E-state index contributed by atoms with van der Waals surface area (Å²) in [6.07, 6.45) is -4.85. The molecule has 1 heterocycles. The highest BCUT2D eigenvalue weighted by Crippen LogP contribution is 2.29. The number of para-hydroxylation sites is 1. The predicted octanol–water partition coefficient (Wildman–Crippen LogP) is 4.16. The first-order chi connectivity index (χ1) is 12.3. The Balaban J connectivity index is 2.11. The number of fused-ring (bicyclic) bond motifs is 1. The van der Waals surface area contributed by atoms with E-state index in [1.165, 1.54) is 41.0 Å². The summed E-state index contributed by atoms with van der Waals surface area (Å²) in [7, 11) is 0. The number of hydrogen-bond donors (Lipinski definition) is 1. The van der Waals surface area contributed by atoms with Gasteiger partial charge in [0.1, 0.15) is 11.4 Å². The van der Waals surface area contributed by atoms with Gasteiger partial charge in [0.2, 0.25) is 0 Å². The van der Waals surface area contributed by atoms with Crippen molar-refractivity contribution in [3.8, 4) is 11.8 Å². The molecular formula is C18H11F3N2O3. The second kappa shape index (κ2) is 6.44. The summed E-state index contributed by atoms with van der Waals surface area (Å²) in [5, 5.41) is 18.9. The molecule has 0 unspecified atom stereocenters. The minimum Gasteiger partial charge on any atom is -0.477 e. The Labute approximate surface area is 145 Å². The molecule has 132 valence electrons. The van der Waals surface area contributed by atoms with Gasteiger partial charge in [-0.05, 0) is 30.3 Å². The molecule has 0 aliphatic carbocycles. The molecule has 0 bridgehead atoms. The summed E-state index contributed by atoms with van der Waals surface area (Å²) in [6.45, 7) is -0.136. The van der Waals surface area contributed by atoms with Crippen molar-refractivity contribution in [1.82, 2.24) is 4.57 Å². The molecule has 1 aromatic heterocycles. The van der Waals surface area contributed by atoms with Gasteiger partial charge in [-0.25, -0.2) is 4.79 Å². The number of aromatic nitrogens is 1. The molecule has 3 aromatic rings. The van der Waals surface area contributed by atoms with Crippen molar-refractivity contribution in [3.05, 3.63) is 65.4 Å². The van der Waals surface area contributed by atoms with E-state index in [4.69, 9.17) is 5.26 Å². The number of benzene rings is 2. The van der Waals surface area contributed by atoms with Crippen LogP contribution in [0, 0.1) is 11.3 Å². The number of carbonyl (C=O) groups is 1. The second-order valence-corrected chi connectivity index (χ2v) is 5.46. The summed E-state index contributed by atoms with van der Waals surface area (Å²) in [5.74, 6) is -1.62. The fourth-order valence-corrected chi connectivity index (χ4v) is 2.72. The first-order valence-corrected chi connectivity index (χ1v) is 7.39. The van der Waals surface area contributed by atoms with E-state index < -0.39 is 18.1 Å². The molecule has 0 saturated heterocycles. The van der Waals surface area contributed by atoms with Crippen molar-refractivity contribution in [2.24, 2.45) is 0 Å². The maximum atomic E-state index is 12.6. The number of rotatable bonds is 4. The molecule has 1 N–H and O–H groups in total. The number of nitriles is 1. The first kappa shape index (κ1) is 17.4. The molecule has 3 rings (SSSR count). The van der Waals surface area contributed by atoms with E-state index in [0.29, 0.717) is 16.5 Å². The lowest BCUT2D eigenvalue weighted by Crippen LogP contribution is -2.19. The Morgan fingerprint density at radius 1 is 1.19 bits per heavy atom. The van der Waals surface area contributed by atoms with Gasteiger partial charge >= 0.3 is 12.3 Å². The van der Waals surface area contributed by atoms with Crippen LogP contribution in [0.5, 0.6) is 5.75 Å². The van der Waals surface area contributed by atoms with Crippen molar-refractivity contribution in [2.75, 3.05) is 0 Å². The number of alkyl halides is 3. The zero-order chi connectivity index (χ0) is 18.9. The van der Waals surface area contributed by atoms with Crippen LogP contribution in [0.15, 0.2) is 48.5 Å². The smallest absolute Gasteiger partial charge is 0.477 e. The van der Waals surface area contributed by atoms with Gasteiger partial charge in [-0.2, -0.15) is 5.26 Å². The van der Waals surface area contributed by atoms with E-state index >= 15 is 0 Å². The molecular weight excluding hydrogens is 349 g/mol. The Morgan fingerprint density at radius 3 is 2.58 bits per heavy atom. The van der Waals surface area contributed by atoms with Crippen LogP contribution in [-0.2, 0) is 6.54 Å². The van der Waals surface area contributed by atoms with Crippen LogP contribution in [-0.4, -0.2) is 22.0 Å². The Bertz CT molecular complexity index is 1030. The van der Waals surface area contributed by atoms with Crippen molar-refractivity contribution in [3.63, 3.8) is 0 Å². The van der Waals surface area contributed by atoms with E-state index in [-0.39, 0.29) is 17.8 Å². The van der Waals surface area contributed by atoms with Crippen LogP contribution in [0.2, 0.25) is 0 Å². The largest absolute Gasteiger partial charge is 0.573 e. The lowest BCUT2D eigenvalue weighted by atomic mass is 10.1. The second-order valence-electron chi connectivity index (χ2n) is 5.46. The molecule has 0 fully saturated rings. The lowest BCUT2D eigenvalue weighted by molar-refractivity contribution is -0.274. The van der Waals surface area contributed by atoms with E-state index in [2.05, 4.69) is 4.74 Å². The van der Waals surface area contributed by atoms with Gasteiger partial charge in [0, 0.05) is 16.5 Å². The average Bonchev–Trinajstić information content (AvgIpc) is 2.93. The van der Waals surface area contributed by atoms with Crippen molar-refractivity contribution < 1.29 is 27.8 Å². The van der Waals surface area contributed by atoms with Gasteiger partial charge in [0.25, 0.3) is 0 Å². The number of carboxylic acid groups (broad SMARTS) is 1. The molecule has 0 spiro atoms. The summed E-state index contributed by atoms with van der Waals surface area (Å²) < 4.78 is 43.2. The van der Waals surface area contributed by atoms with Crippen LogP contribution in [0.25, 0.3) is 10.9 Å².